The van der Waals surface area contributed by atoms with Crippen LogP contribution in [-0.2, 0) is 25.7 Å². The summed E-state index contributed by atoms with van der Waals surface area (Å²) in [5.41, 5.74) is 3.38. The normalized spacial score (nSPS) is 25.2. The summed E-state index contributed by atoms with van der Waals surface area (Å²) >= 11 is 0. The van der Waals surface area contributed by atoms with E-state index in [4.69, 9.17) is 14.3 Å². The summed E-state index contributed by atoms with van der Waals surface area (Å²) in [4.78, 5) is 17.1. The van der Waals surface area contributed by atoms with Gasteiger partial charge in [0.2, 0.25) is 0 Å². The summed E-state index contributed by atoms with van der Waals surface area (Å²) in [5, 5.41) is 0. The van der Waals surface area contributed by atoms with Crippen molar-refractivity contribution in [1.82, 2.24) is 5.48 Å². The fraction of sp³-hybridized carbons (Fsp3) is 0.500. The highest BCUT2D eigenvalue weighted by molar-refractivity contribution is 5.80. The van der Waals surface area contributed by atoms with E-state index < -0.39 is 11.9 Å². The van der Waals surface area contributed by atoms with Gasteiger partial charge in [0.15, 0.2) is 11.9 Å². The minimum absolute atomic E-state index is 0.296. The van der Waals surface area contributed by atoms with Gasteiger partial charge in [0, 0.05) is 0 Å². The van der Waals surface area contributed by atoms with E-state index in [1.807, 2.05) is 30.3 Å². The number of benzene rings is 1. The number of carbonyl (C=O) groups is 1. The maximum atomic E-state index is 11.9. The van der Waals surface area contributed by atoms with Gasteiger partial charge in [-0.3, -0.25) is 9.63 Å². The lowest BCUT2D eigenvalue weighted by Gasteiger charge is -2.16. The number of ether oxygens (including phenoxy) is 2. The van der Waals surface area contributed by atoms with Crippen LogP contribution in [0.25, 0.3) is 0 Å². The van der Waals surface area contributed by atoms with Crippen molar-refractivity contribution in [3.05, 3.63) is 35.9 Å². The van der Waals surface area contributed by atoms with E-state index in [2.05, 4.69) is 5.48 Å². The van der Waals surface area contributed by atoms with Crippen LogP contribution in [0.1, 0.15) is 26.3 Å². The average Bonchev–Trinajstić information content (AvgIpc) is 2.64. The fourth-order valence-corrected chi connectivity index (χ4v) is 2.03. The third-order valence-corrected chi connectivity index (χ3v) is 2.82. The van der Waals surface area contributed by atoms with Crippen molar-refractivity contribution in [1.29, 1.82) is 0 Å². The summed E-state index contributed by atoms with van der Waals surface area (Å²) in [6.45, 7) is 5.68. The smallest absolute Gasteiger partial charge is 0.275 e. The van der Waals surface area contributed by atoms with E-state index in [1.54, 1.807) is 20.8 Å². The van der Waals surface area contributed by atoms with E-state index in [0.29, 0.717) is 6.61 Å². The van der Waals surface area contributed by atoms with Crippen LogP contribution in [0.2, 0.25) is 0 Å². The van der Waals surface area contributed by atoms with Gasteiger partial charge in [-0.1, -0.05) is 30.3 Å². The minimum atomic E-state index is -0.735. The Morgan fingerprint density at radius 3 is 2.58 bits per heavy atom. The zero-order chi connectivity index (χ0) is 13.9. The Morgan fingerprint density at radius 2 is 2.00 bits per heavy atom. The van der Waals surface area contributed by atoms with E-state index >= 15 is 0 Å². The van der Waals surface area contributed by atoms with Crippen LogP contribution >= 0.6 is 0 Å². The molecular formula is C14H19NO4. The number of carbonyl (C=O) groups excluding carboxylic acids is 1. The molecule has 1 saturated heterocycles. The second-order valence-corrected chi connectivity index (χ2v) is 5.00. The quantitative estimate of drug-likeness (QED) is 0.843. The molecule has 0 unspecified atom stereocenters. The van der Waals surface area contributed by atoms with Gasteiger partial charge >= 0.3 is 0 Å². The van der Waals surface area contributed by atoms with Crippen LogP contribution in [0.4, 0.5) is 0 Å². The van der Waals surface area contributed by atoms with Crippen LogP contribution in [0.15, 0.2) is 30.3 Å². The van der Waals surface area contributed by atoms with Crippen LogP contribution in [0.5, 0.6) is 0 Å². The molecule has 104 valence electrons. The highest BCUT2D eigenvalue weighted by Gasteiger charge is 2.42. The molecule has 5 nitrogen and oxygen atoms in total. The van der Waals surface area contributed by atoms with Gasteiger partial charge in [0.25, 0.3) is 5.91 Å². The Morgan fingerprint density at radius 1 is 1.32 bits per heavy atom. The largest absolute Gasteiger partial charge is 0.344 e. The van der Waals surface area contributed by atoms with Crippen molar-refractivity contribution in [2.75, 3.05) is 0 Å². The summed E-state index contributed by atoms with van der Waals surface area (Å²) in [6.07, 6.45) is -0.943. The van der Waals surface area contributed by atoms with Gasteiger partial charge in [-0.15, -0.1) is 0 Å². The van der Waals surface area contributed by atoms with E-state index in [9.17, 15) is 4.79 Å². The Labute approximate surface area is 112 Å². The SMILES string of the molecule is C[C@@H]1OC(C)(C)O[C@H]1C(=O)NOCc1ccccc1. The highest BCUT2D eigenvalue weighted by atomic mass is 16.8. The lowest BCUT2D eigenvalue weighted by Crippen LogP contribution is -2.39. The summed E-state index contributed by atoms with van der Waals surface area (Å²) in [6, 6.07) is 9.60. The molecule has 0 radical (unpaired) electrons. The third kappa shape index (κ3) is 3.76. The molecule has 1 aromatic rings. The van der Waals surface area contributed by atoms with E-state index in [1.165, 1.54) is 0 Å². The predicted molar refractivity (Wildman–Crippen MR) is 68.9 cm³/mol. The Balaban J connectivity index is 1.79. The Bertz CT molecular complexity index is 432. The van der Waals surface area contributed by atoms with Crippen molar-refractivity contribution in [2.24, 2.45) is 0 Å². The maximum absolute atomic E-state index is 11.9. The third-order valence-electron chi connectivity index (χ3n) is 2.82. The Kier molecular flexibility index (Phi) is 4.19. The molecule has 0 aliphatic carbocycles. The first-order valence-electron chi connectivity index (χ1n) is 6.29. The van der Waals surface area contributed by atoms with Gasteiger partial charge in [0.05, 0.1) is 12.7 Å². The molecule has 2 rings (SSSR count). The first-order valence-corrected chi connectivity index (χ1v) is 6.29. The van der Waals surface area contributed by atoms with Crippen LogP contribution in [0.3, 0.4) is 0 Å². The van der Waals surface area contributed by atoms with Crippen molar-refractivity contribution >= 4 is 5.91 Å². The topological polar surface area (TPSA) is 56.8 Å². The van der Waals surface area contributed by atoms with E-state index in [0.717, 1.165) is 5.56 Å². The lowest BCUT2D eigenvalue weighted by molar-refractivity contribution is -0.162. The molecule has 0 aromatic heterocycles. The van der Waals surface area contributed by atoms with Crippen LogP contribution in [-0.4, -0.2) is 23.9 Å². The Hall–Kier alpha value is -1.43. The van der Waals surface area contributed by atoms with Crippen LogP contribution < -0.4 is 5.48 Å². The molecule has 0 bridgehead atoms. The molecule has 0 saturated carbocycles. The lowest BCUT2D eigenvalue weighted by atomic mass is 10.2. The van der Waals surface area contributed by atoms with Crippen molar-refractivity contribution in [2.45, 2.75) is 45.4 Å². The molecule has 2 atom stereocenters. The number of hydrogen-bond donors (Lipinski definition) is 1. The van der Waals surface area contributed by atoms with Gasteiger partial charge in [-0.25, -0.2) is 5.48 Å². The average molecular weight is 265 g/mol. The molecule has 19 heavy (non-hydrogen) atoms. The molecule has 1 heterocycles. The van der Waals surface area contributed by atoms with Crippen molar-refractivity contribution < 1.29 is 19.1 Å². The number of nitrogens with one attached hydrogen (secondary N) is 1. The summed E-state index contributed by atoms with van der Waals surface area (Å²) in [5.74, 6) is -1.06. The van der Waals surface area contributed by atoms with Crippen molar-refractivity contribution in [3.63, 3.8) is 0 Å². The first-order chi connectivity index (χ1) is 8.98. The second-order valence-electron chi connectivity index (χ2n) is 5.00. The maximum Gasteiger partial charge on any atom is 0.275 e. The van der Waals surface area contributed by atoms with Gasteiger partial charge < -0.3 is 9.47 Å². The number of rotatable bonds is 4. The molecule has 1 N–H and O–H groups in total. The highest BCUT2D eigenvalue weighted by Crippen LogP contribution is 2.27. The molecule has 1 aliphatic heterocycles. The first kappa shape index (κ1) is 14.0. The number of hydroxylamine groups is 1. The minimum Gasteiger partial charge on any atom is -0.344 e. The van der Waals surface area contributed by atoms with E-state index in [-0.39, 0.29) is 12.0 Å². The fourth-order valence-electron chi connectivity index (χ4n) is 2.03. The summed E-state index contributed by atoms with van der Waals surface area (Å²) in [7, 11) is 0. The molecule has 1 amide bonds. The van der Waals surface area contributed by atoms with Crippen LogP contribution in [0, 0.1) is 0 Å². The zero-order valence-electron chi connectivity index (χ0n) is 11.4. The predicted octanol–water partition coefficient (Wildman–Crippen LogP) is 1.77. The number of hydrogen-bond acceptors (Lipinski definition) is 4. The van der Waals surface area contributed by atoms with Crippen molar-refractivity contribution in [3.8, 4) is 0 Å². The molecule has 1 aromatic carbocycles. The monoisotopic (exact) mass is 265 g/mol. The standard InChI is InChI=1S/C14H19NO4/c1-10-12(19-14(2,3)18-10)13(16)15-17-9-11-7-5-4-6-8-11/h4-8,10,12H,9H2,1-3H3,(H,15,16)/t10-,12+/m0/s1. The van der Waals surface area contributed by atoms with Gasteiger partial charge in [0.1, 0.15) is 0 Å². The zero-order valence-corrected chi connectivity index (χ0v) is 11.4. The molecule has 1 aliphatic rings. The molecule has 5 heteroatoms. The van der Waals surface area contributed by atoms with Gasteiger partial charge in [-0.2, -0.15) is 0 Å². The molecule has 1 fully saturated rings. The molecule has 0 spiro atoms. The molecular weight excluding hydrogens is 246 g/mol. The summed E-state index contributed by atoms with van der Waals surface area (Å²) < 4.78 is 11.0. The number of amides is 1. The second kappa shape index (κ2) is 5.69. The van der Waals surface area contributed by atoms with Gasteiger partial charge in [-0.05, 0) is 26.3 Å².